The minimum absolute atomic E-state index is 0.294. The maximum atomic E-state index is 9.31. The van der Waals surface area contributed by atoms with Gasteiger partial charge in [-0.15, -0.1) is 0 Å². The van der Waals surface area contributed by atoms with Crippen LogP contribution in [0.5, 0.6) is 0 Å². The number of aromatic nitrogens is 2. The molecular weight excluding hydrogens is 276 g/mol. The highest BCUT2D eigenvalue weighted by molar-refractivity contribution is 5.56. The molecule has 1 saturated heterocycles. The third-order valence-corrected chi connectivity index (χ3v) is 4.16. The van der Waals surface area contributed by atoms with Crippen molar-refractivity contribution in [2.45, 2.75) is 19.4 Å². The van der Waals surface area contributed by atoms with Gasteiger partial charge in [0, 0.05) is 31.5 Å². The van der Waals surface area contributed by atoms with E-state index in [-0.39, 0.29) is 0 Å². The fraction of sp³-hybridized carbons (Fsp3) is 0.412. The second kappa shape index (κ2) is 6.85. The van der Waals surface area contributed by atoms with Crippen LogP contribution in [0.1, 0.15) is 18.4 Å². The maximum Gasteiger partial charge on any atom is 0.161 e. The fourth-order valence-corrected chi connectivity index (χ4v) is 2.97. The van der Waals surface area contributed by atoms with Crippen LogP contribution < -0.4 is 5.73 Å². The highest BCUT2D eigenvalue weighted by Gasteiger charge is 2.19. The number of nitrogen functional groups attached to an aromatic ring is 1. The van der Waals surface area contributed by atoms with Crippen LogP contribution in [0.2, 0.25) is 0 Å². The lowest BCUT2D eigenvalue weighted by Crippen LogP contribution is -2.36. The number of nitrogens with zero attached hydrogens (tertiary/aromatic N) is 3. The number of piperidine rings is 1. The zero-order chi connectivity index (χ0) is 15.4. The van der Waals surface area contributed by atoms with Gasteiger partial charge < -0.3 is 10.8 Å². The van der Waals surface area contributed by atoms with E-state index in [1.54, 1.807) is 12.3 Å². The Labute approximate surface area is 130 Å². The van der Waals surface area contributed by atoms with Crippen LogP contribution in [0.25, 0.3) is 11.4 Å². The van der Waals surface area contributed by atoms with Crippen molar-refractivity contribution in [1.82, 2.24) is 14.9 Å². The molecule has 1 aromatic heterocycles. The third kappa shape index (κ3) is 3.61. The van der Waals surface area contributed by atoms with Gasteiger partial charge in [-0.25, -0.2) is 9.97 Å². The van der Waals surface area contributed by atoms with Crippen LogP contribution in [0.4, 0.5) is 5.82 Å². The SMILES string of the molecule is Nc1ccnc(-c2ccc(CN3CCCC(CO)C3)cc2)n1. The monoisotopic (exact) mass is 298 g/mol. The summed E-state index contributed by atoms with van der Waals surface area (Å²) in [6.45, 7) is 3.31. The zero-order valence-electron chi connectivity index (χ0n) is 12.7. The second-order valence-electron chi connectivity index (χ2n) is 5.93. The number of aliphatic hydroxyl groups excluding tert-OH is 1. The van der Waals surface area contributed by atoms with Gasteiger partial charge in [-0.1, -0.05) is 24.3 Å². The number of rotatable bonds is 4. The first-order valence-corrected chi connectivity index (χ1v) is 7.75. The molecule has 3 rings (SSSR count). The normalized spacial score (nSPS) is 19.2. The first-order valence-electron chi connectivity index (χ1n) is 7.75. The first kappa shape index (κ1) is 14.9. The van der Waals surface area contributed by atoms with Crippen LogP contribution >= 0.6 is 0 Å². The standard InChI is InChI=1S/C17H22N4O/c18-16-7-8-19-17(20-16)15-5-3-13(4-6-15)10-21-9-1-2-14(11-21)12-22/h3-8,14,22H,1-2,9-12H2,(H2,18,19,20). The van der Waals surface area contributed by atoms with Gasteiger partial charge in [0.25, 0.3) is 0 Å². The van der Waals surface area contributed by atoms with Crippen LogP contribution in [-0.4, -0.2) is 39.7 Å². The number of hydrogen-bond donors (Lipinski definition) is 2. The summed E-state index contributed by atoms with van der Waals surface area (Å²) in [5.74, 6) is 1.57. The smallest absolute Gasteiger partial charge is 0.161 e. The van der Waals surface area contributed by atoms with Crippen molar-refractivity contribution in [3.05, 3.63) is 42.1 Å². The summed E-state index contributed by atoms with van der Waals surface area (Å²) in [5.41, 5.74) is 7.94. The maximum absolute atomic E-state index is 9.31. The summed E-state index contributed by atoms with van der Waals surface area (Å²) in [7, 11) is 0. The molecule has 2 aromatic rings. The molecule has 1 fully saturated rings. The van der Waals surface area contributed by atoms with Crippen LogP contribution in [0, 0.1) is 5.92 Å². The zero-order valence-corrected chi connectivity index (χ0v) is 12.7. The Morgan fingerprint density at radius 2 is 2.05 bits per heavy atom. The molecule has 1 aliphatic heterocycles. The molecule has 22 heavy (non-hydrogen) atoms. The predicted octanol–water partition coefficient (Wildman–Crippen LogP) is 1.93. The molecule has 2 heterocycles. The van der Waals surface area contributed by atoms with Gasteiger partial charge in [-0.3, -0.25) is 4.90 Å². The average molecular weight is 298 g/mol. The van der Waals surface area contributed by atoms with Crippen molar-refractivity contribution in [1.29, 1.82) is 0 Å². The Morgan fingerprint density at radius 3 is 2.77 bits per heavy atom. The molecule has 116 valence electrons. The third-order valence-electron chi connectivity index (χ3n) is 4.16. The van der Waals surface area contributed by atoms with Gasteiger partial charge in [-0.05, 0) is 36.9 Å². The number of anilines is 1. The van der Waals surface area contributed by atoms with Crippen molar-refractivity contribution in [2.24, 2.45) is 5.92 Å². The van der Waals surface area contributed by atoms with E-state index in [9.17, 15) is 5.11 Å². The highest BCUT2D eigenvalue weighted by atomic mass is 16.3. The van der Waals surface area contributed by atoms with Crippen molar-refractivity contribution < 1.29 is 5.11 Å². The molecule has 0 spiro atoms. The molecule has 0 saturated carbocycles. The van der Waals surface area contributed by atoms with E-state index >= 15 is 0 Å². The van der Waals surface area contributed by atoms with Gasteiger partial charge >= 0.3 is 0 Å². The molecule has 1 atom stereocenters. The van der Waals surface area contributed by atoms with E-state index in [1.165, 1.54) is 12.0 Å². The van der Waals surface area contributed by atoms with E-state index in [1.807, 2.05) is 12.1 Å². The molecule has 1 unspecified atom stereocenters. The lowest BCUT2D eigenvalue weighted by atomic mass is 9.98. The number of nitrogens with two attached hydrogens (primary N) is 1. The minimum atomic E-state index is 0.294. The molecule has 0 radical (unpaired) electrons. The molecule has 1 aliphatic rings. The van der Waals surface area contributed by atoms with E-state index in [0.717, 1.165) is 31.6 Å². The summed E-state index contributed by atoms with van der Waals surface area (Å²) in [6.07, 6.45) is 3.98. The van der Waals surface area contributed by atoms with Gasteiger partial charge in [0.2, 0.25) is 0 Å². The van der Waals surface area contributed by atoms with E-state index in [2.05, 4.69) is 27.0 Å². The van der Waals surface area contributed by atoms with E-state index in [0.29, 0.717) is 24.2 Å². The molecular formula is C17H22N4O. The molecule has 0 aliphatic carbocycles. The van der Waals surface area contributed by atoms with Crippen molar-refractivity contribution in [3.8, 4) is 11.4 Å². The second-order valence-corrected chi connectivity index (χ2v) is 5.93. The Hall–Kier alpha value is -1.98. The van der Waals surface area contributed by atoms with Crippen molar-refractivity contribution in [2.75, 3.05) is 25.4 Å². The highest BCUT2D eigenvalue weighted by Crippen LogP contribution is 2.20. The summed E-state index contributed by atoms with van der Waals surface area (Å²) >= 11 is 0. The summed E-state index contributed by atoms with van der Waals surface area (Å²) < 4.78 is 0. The summed E-state index contributed by atoms with van der Waals surface area (Å²) in [5, 5.41) is 9.31. The Bertz CT molecular complexity index is 614. The quantitative estimate of drug-likeness (QED) is 0.902. The fourth-order valence-electron chi connectivity index (χ4n) is 2.97. The molecule has 5 nitrogen and oxygen atoms in total. The molecule has 0 amide bonds. The molecule has 5 heteroatoms. The van der Waals surface area contributed by atoms with Gasteiger partial charge in [-0.2, -0.15) is 0 Å². The van der Waals surface area contributed by atoms with Crippen LogP contribution in [0.15, 0.2) is 36.5 Å². The van der Waals surface area contributed by atoms with Gasteiger partial charge in [0.1, 0.15) is 5.82 Å². The minimum Gasteiger partial charge on any atom is -0.396 e. The largest absolute Gasteiger partial charge is 0.396 e. The summed E-state index contributed by atoms with van der Waals surface area (Å²) in [4.78, 5) is 10.9. The number of likely N-dealkylation sites (tertiary alicyclic amines) is 1. The lowest BCUT2D eigenvalue weighted by Gasteiger charge is -2.31. The molecule has 3 N–H and O–H groups in total. The number of aliphatic hydroxyl groups is 1. The Kier molecular flexibility index (Phi) is 4.65. The average Bonchev–Trinajstić information content (AvgIpc) is 2.56. The Balaban J connectivity index is 1.66. The van der Waals surface area contributed by atoms with Gasteiger partial charge in [0.05, 0.1) is 0 Å². The summed E-state index contributed by atoms with van der Waals surface area (Å²) in [6, 6.07) is 10.00. The Morgan fingerprint density at radius 1 is 1.23 bits per heavy atom. The topological polar surface area (TPSA) is 75.3 Å². The van der Waals surface area contributed by atoms with Crippen LogP contribution in [0.3, 0.4) is 0 Å². The van der Waals surface area contributed by atoms with E-state index < -0.39 is 0 Å². The van der Waals surface area contributed by atoms with Crippen molar-refractivity contribution >= 4 is 5.82 Å². The van der Waals surface area contributed by atoms with E-state index in [4.69, 9.17) is 5.73 Å². The number of benzene rings is 1. The molecule has 1 aromatic carbocycles. The van der Waals surface area contributed by atoms with Crippen LogP contribution in [-0.2, 0) is 6.54 Å². The van der Waals surface area contributed by atoms with Gasteiger partial charge in [0.15, 0.2) is 5.82 Å². The molecule has 0 bridgehead atoms. The number of hydrogen-bond acceptors (Lipinski definition) is 5. The predicted molar refractivity (Wildman–Crippen MR) is 87.0 cm³/mol. The first-order chi connectivity index (χ1) is 10.7. The van der Waals surface area contributed by atoms with Crippen molar-refractivity contribution in [3.63, 3.8) is 0 Å². The lowest BCUT2D eigenvalue weighted by molar-refractivity contribution is 0.116.